The quantitative estimate of drug-likeness (QED) is 0.866. The molecule has 0 aliphatic carbocycles. The highest BCUT2D eigenvalue weighted by Crippen LogP contribution is 2.10. The maximum Gasteiger partial charge on any atom is 0.221 e. The van der Waals surface area contributed by atoms with Gasteiger partial charge in [-0.1, -0.05) is 30.3 Å². The third-order valence-electron chi connectivity index (χ3n) is 2.69. The molecule has 0 aromatic heterocycles. The molecule has 0 saturated carbocycles. The lowest BCUT2D eigenvalue weighted by Crippen LogP contribution is -2.39. The van der Waals surface area contributed by atoms with Crippen LogP contribution in [-0.2, 0) is 16.1 Å². The van der Waals surface area contributed by atoms with Crippen LogP contribution in [0.25, 0.3) is 0 Å². The van der Waals surface area contributed by atoms with Gasteiger partial charge in [-0.05, 0) is 5.56 Å². The molecule has 4 nitrogen and oxygen atoms in total. The summed E-state index contributed by atoms with van der Waals surface area (Å²) in [6.45, 7) is 3.16. The molecular formula is C14H16N2O2. The highest BCUT2D eigenvalue weighted by atomic mass is 16.1. The van der Waals surface area contributed by atoms with Crippen LogP contribution in [0.4, 0.5) is 0 Å². The summed E-state index contributed by atoms with van der Waals surface area (Å²) in [6.07, 6.45) is 1.52. The molecule has 1 aromatic rings. The lowest BCUT2D eigenvalue weighted by atomic mass is 10.1. The molecule has 0 unspecified atom stereocenters. The maximum absolute atomic E-state index is 11.6. The molecule has 4 heteroatoms. The number of hydrogen-bond donors (Lipinski definition) is 1. The van der Waals surface area contributed by atoms with Crippen LogP contribution in [0.15, 0.2) is 42.1 Å². The van der Waals surface area contributed by atoms with Gasteiger partial charge >= 0.3 is 0 Å². The van der Waals surface area contributed by atoms with E-state index >= 15 is 0 Å². The summed E-state index contributed by atoms with van der Waals surface area (Å²) < 4.78 is 0. The predicted octanol–water partition coefficient (Wildman–Crippen LogP) is 1.09. The predicted molar refractivity (Wildman–Crippen MR) is 68.6 cm³/mol. The fourth-order valence-electron chi connectivity index (χ4n) is 2.06. The average molecular weight is 244 g/mol. The number of ketones is 1. The minimum atomic E-state index is -0.143. The van der Waals surface area contributed by atoms with E-state index in [2.05, 4.69) is 5.32 Å². The van der Waals surface area contributed by atoms with E-state index in [1.165, 1.54) is 13.0 Å². The number of carbonyl (C=O) groups excluding carboxylic acids is 2. The van der Waals surface area contributed by atoms with Gasteiger partial charge in [0.1, 0.15) is 0 Å². The molecule has 0 fully saturated rings. The second-order valence-electron chi connectivity index (χ2n) is 4.45. The van der Waals surface area contributed by atoms with Crippen molar-refractivity contribution in [3.63, 3.8) is 0 Å². The maximum atomic E-state index is 11.6. The van der Waals surface area contributed by atoms with Crippen molar-refractivity contribution >= 4 is 11.7 Å². The van der Waals surface area contributed by atoms with E-state index in [9.17, 15) is 9.59 Å². The van der Waals surface area contributed by atoms with Gasteiger partial charge in [0.15, 0.2) is 5.78 Å². The summed E-state index contributed by atoms with van der Waals surface area (Å²) in [7, 11) is 0. The average Bonchev–Trinajstić information content (AvgIpc) is 2.28. The van der Waals surface area contributed by atoms with Gasteiger partial charge in [-0.3, -0.25) is 14.5 Å². The van der Waals surface area contributed by atoms with Crippen LogP contribution in [0.5, 0.6) is 0 Å². The van der Waals surface area contributed by atoms with Gasteiger partial charge in [0.05, 0.1) is 6.54 Å². The Morgan fingerprint density at radius 3 is 2.67 bits per heavy atom. The SMILES string of the molecule is CC(=O)NC1=CC(=O)CN(Cc2ccccc2)C1. The van der Waals surface area contributed by atoms with Crippen LogP contribution in [0.3, 0.4) is 0 Å². The number of carbonyl (C=O) groups is 2. The highest BCUT2D eigenvalue weighted by molar-refractivity contribution is 5.93. The molecule has 18 heavy (non-hydrogen) atoms. The Morgan fingerprint density at radius 2 is 2.00 bits per heavy atom. The van der Waals surface area contributed by atoms with E-state index in [1.54, 1.807) is 0 Å². The van der Waals surface area contributed by atoms with Crippen LogP contribution in [0.2, 0.25) is 0 Å². The van der Waals surface area contributed by atoms with Crippen LogP contribution < -0.4 is 5.32 Å². The topological polar surface area (TPSA) is 49.4 Å². The molecule has 0 bridgehead atoms. The molecule has 0 saturated heterocycles. The fourth-order valence-corrected chi connectivity index (χ4v) is 2.06. The standard InChI is InChI=1S/C14H16N2O2/c1-11(17)15-13-7-14(18)10-16(9-13)8-12-5-3-2-4-6-12/h2-7H,8-10H2,1H3,(H,15,17). The number of rotatable bonds is 3. The molecule has 0 radical (unpaired) electrons. The van der Waals surface area contributed by atoms with E-state index in [0.717, 1.165) is 5.56 Å². The highest BCUT2D eigenvalue weighted by Gasteiger charge is 2.18. The van der Waals surface area contributed by atoms with E-state index in [4.69, 9.17) is 0 Å². The van der Waals surface area contributed by atoms with Gasteiger partial charge in [0.2, 0.25) is 5.91 Å². The van der Waals surface area contributed by atoms with Crippen molar-refractivity contribution in [2.24, 2.45) is 0 Å². The molecule has 1 heterocycles. The number of amides is 1. The second-order valence-corrected chi connectivity index (χ2v) is 4.45. The first-order valence-corrected chi connectivity index (χ1v) is 5.91. The van der Waals surface area contributed by atoms with Crippen molar-refractivity contribution in [2.75, 3.05) is 13.1 Å². The molecule has 1 aliphatic heterocycles. The largest absolute Gasteiger partial charge is 0.329 e. The Hall–Kier alpha value is -1.94. The summed E-state index contributed by atoms with van der Waals surface area (Å²) >= 11 is 0. The molecule has 2 rings (SSSR count). The monoisotopic (exact) mass is 244 g/mol. The second kappa shape index (κ2) is 5.60. The van der Waals surface area contributed by atoms with Crippen molar-refractivity contribution in [3.8, 4) is 0 Å². The van der Waals surface area contributed by atoms with Gasteiger partial charge in [0, 0.05) is 31.8 Å². The fraction of sp³-hybridized carbons (Fsp3) is 0.286. The summed E-state index contributed by atoms with van der Waals surface area (Å²) in [5.74, 6) is -0.114. The van der Waals surface area contributed by atoms with E-state index in [1.807, 2.05) is 35.2 Å². The number of hydrogen-bond acceptors (Lipinski definition) is 3. The van der Waals surface area contributed by atoms with Crippen molar-refractivity contribution < 1.29 is 9.59 Å². The number of benzene rings is 1. The molecule has 1 N–H and O–H groups in total. The first kappa shape index (κ1) is 12.5. The molecule has 1 aliphatic rings. The van der Waals surface area contributed by atoms with Crippen molar-refractivity contribution in [3.05, 3.63) is 47.7 Å². The van der Waals surface area contributed by atoms with E-state index < -0.39 is 0 Å². The minimum Gasteiger partial charge on any atom is -0.329 e. The Kier molecular flexibility index (Phi) is 3.89. The minimum absolute atomic E-state index is 0.0286. The van der Waals surface area contributed by atoms with Crippen molar-refractivity contribution in [1.82, 2.24) is 10.2 Å². The Labute approximate surface area is 106 Å². The first-order valence-electron chi connectivity index (χ1n) is 5.91. The molecule has 0 atom stereocenters. The zero-order valence-electron chi connectivity index (χ0n) is 10.3. The Balaban J connectivity index is 2.02. The lowest BCUT2D eigenvalue weighted by Gasteiger charge is -2.26. The summed E-state index contributed by atoms with van der Waals surface area (Å²) in [5, 5.41) is 2.69. The van der Waals surface area contributed by atoms with Gasteiger partial charge in [-0.2, -0.15) is 0 Å². The summed E-state index contributed by atoms with van der Waals surface area (Å²) in [5.41, 5.74) is 1.84. The normalized spacial score (nSPS) is 16.3. The Morgan fingerprint density at radius 1 is 1.28 bits per heavy atom. The van der Waals surface area contributed by atoms with Crippen LogP contribution >= 0.6 is 0 Å². The van der Waals surface area contributed by atoms with E-state index in [-0.39, 0.29) is 11.7 Å². The van der Waals surface area contributed by atoms with Crippen molar-refractivity contribution in [1.29, 1.82) is 0 Å². The lowest BCUT2D eigenvalue weighted by molar-refractivity contribution is -0.118. The van der Waals surface area contributed by atoms with Gasteiger partial charge in [-0.15, -0.1) is 0 Å². The van der Waals surface area contributed by atoms with Crippen LogP contribution in [0.1, 0.15) is 12.5 Å². The van der Waals surface area contributed by atoms with Crippen LogP contribution in [-0.4, -0.2) is 29.7 Å². The van der Waals surface area contributed by atoms with Gasteiger partial charge in [-0.25, -0.2) is 0 Å². The zero-order valence-corrected chi connectivity index (χ0v) is 10.3. The smallest absolute Gasteiger partial charge is 0.221 e. The van der Waals surface area contributed by atoms with Gasteiger partial charge in [0.25, 0.3) is 0 Å². The first-order chi connectivity index (χ1) is 8.63. The Bertz CT molecular complexity index is 480. The zero-order chi connectivity index (χ0) is 13.0. The molecule has 1 amide bonds. The third kappa shape index (κ3) is 3.53. The third-order valence-corrected chi connectivity index (χ3v) is 2.69. The van der Waals surface area contributed by atoms with Crippen LogP contribution in [0, 0.1) is 0 Å². The number of nitrogens with one attached hydrogen (secondary N) is 1. The molecule has 1 aromatic carbocycles. The van der Waals surface area contributed by atoms with Gasteiger partial charge < -0.3 is 5.32 Å². The molecular weight excluding hydrogens is 228 g/mol. The van der Waals surface area contributed by atoms with E-state index in [0.29, 0.717) is 25.3 Å². The van der Waals surface area contributed by atoms with Crippen molar-refractivity contribution in [2.45, 2.75) is 13.5 Å². The number of nitrogens with zero attached hydrogens (tertiary/aromatic N) is 1. The molecule has 94 valence electrons. The summed E-state index contributed by atoms with van der Waals surface area (Å²) in [4.78, 5) is 24.6. The molecule has 0 spiro atoms. The summed E-state index contributed by atoms with van der Waals surface area (Å²) in [6, 6.07) is 9.98.